The van der Waals surface area contributed by atoms with E-state index in [0.717, 1.165) is 29.8 Å². The van der Waals surface area contributed by atoms with Crippen LogP contribution in [0.15, 0.2) is 34.1 Å². The molecule has 0 aliphatic heterocycles. The molecule has 0 aliphatic carbocycles. The molecule has 1 aromatic carbocycles. The highest BCUT2D eigenvalue weighted by Crippen LogP contribution is 2.32. The Labute approximate surface area is 159 Å². The molecule has 3 rings (SSSR count). The summed E-state index contributed by atoms with van der Waals surface area (Å²) >= 11 is 1.13. The zero-order chi connectivity index (χ0) is 20.6. The molecule has 0 aliphatic rings. The number of amidine groups is 1. The van der Waals surface area contributed by atoms with E-state index in [2.05, 4.69) is 9.98 Å². The highest BCUT2D eigenvalue weighted by Gasteiger charge is 2.34. The number of thiazole rings is 1. The molecule has 0 saturated carbocycles. The van der Waals surface area contributed by atoms with Crippen molar-refractivity contribution in [3.8, 4) is 0 Å². The zero-order valence-electron chi connectivity index (χ0n) is 14.3. The molecule has 0 amide bonds. The number of nitrogens with one attached hydrogen (secondary N) is 1. The number of hydrogen-bond acceptors (Lipinski definition) is 4. The Bertz CT molecular complexity index is 1160. The zero-order valence-corrected chi connectivity index (χ0v) is 15.2. The van der Waals surface area contributed by atoms with Gasteiger partial charge in [0.05, 0.1) is 11.3 Å². The van der Waals surface area contributed by atoms with Gasteiger partial charge in [-0.2, -0.15) is 13.2 Å². The second-order valence-corrected chi connectivity index (χ2v) is 6.99. The van der Waals surface area contributed by atoms with E-state index in [1.807, 2.05) is 0 Å². The minimum absolute atomic E-state index is 0.0423. The van der Waals surface area contributed by atoms with Crippen molar-refractivity contribution in [1.82, 2.24) is 9.38 Å². The molecule has 28 heavy (non-hydrogen) atoms. The summed E-state index contributed by atoms with van der Waals surface area (Å²) in [4.78, 5) is 21.3. The highest BCUT2D eigenvalue weighted by atomic mass is 32.1. The van der Waals surface area contributed by atoms with Crippen molar-refractivity contribution in [3.05, 3.63) is 67.8 Å². The Morgan fingerprint density at radius 1 is 1.43 bits per heavy atom. The molecular formula is C17H13F4N5OS. The number of hydrogen-bond donors (Lipinski definition) is 2. The van der Waals surface area contributed by atoms with Crippen LogP contribution in [0.25, 0.3) is 4.96 Å². The minimum Gasteiger partial charge on any atom is -0.382 e. The third-order valence-corrected chi connectivity index (χ3v) is 4.90. The topological polar surface area (TPSA) is 96.6 Å². The smallest absolute Gasteiger partial charge is 0.382 e. The number of rotatable bonds is 4. The van der Waals surface area contributed by atoms with Crippen molar-refractivity contribution in [2.75, 3.05) is 0 Å². The highest BCUT2D eigenvalue weighted by molar-refractivity contribution is 7.17. The van der Waals surface area contributed by atoms with Gasteiger partial charge in [0.1, 0.15) is 17.8 Å². The van der Waals surface area contributed by atoms with Gasteiger partial charge in [-0.3, -0.25) is 10.2 Å². The van der Waals surface area contributed by atoms with Gasteiger partial charge < -0.3 is 5.73 Å². The number of halogens is 4. The lowest BCUT2D eigenvalue weighted by atomic mass is 10.0. The van der Waals surface area contributed by atoms with Crippen LogP contribution < -0.4 is 11.3 Å². The Morgan fingerprint density at radius 3 is 2.79 bits per heavy atom. The normalized spacial score (nSPS) is 12.5. The summed E-state index contributed by atoms with van der Waals surface area (Å²) in [6.07, 6.45) is -4.36. The van der Waals surface area contributed by atoms with Gasteiger partial charge in [-0.1, -0.05) is 12.1 Å². The molecule has 0 saturated heterocycles. The van der Waals surface area contributed by atoms with Crippen LogP contribution in [0, 0.1) is 18.2 Å². The maximum absolute atomic E-state index is 14.2. The standard InChI is InChI=1S/C17H13F4N5OS/c1-8-14(15(23)24-7-22)26-12(27)6-10(25-16(26)28-8)5-9-3-2-4-11(13(9)18)17(19,20)21/h2-4,6-7H,5H2,1H3,(H3,22,23,24). The summed E-state index contributed by atoms with van der Waals surface area (Å²) in [5, 5.41) is 7.00. The molecule has 2 aromatic heterocycles. The summed E-state index contributed by atoms with van der Waals surface area (Å²) in [7, 11) is 0. The molecule has 0 unspecified atom stereocenters. The van der Waals surface area contributed by atoms with Gasteiger partial charge in [0.2, 0.25) is 0 Å². The molecule has 0 radical (unpaired) electrons. The summed E-state index contributed by atoms with van der Waals surface area (Å²) < 4.78 is 54.1. The molecule has 0 bridgehead atoms. The van der Waals surface area contributed by atoms with E-state index in [9.17, 15) is 22.4 Å². The van der Waals surface area contributed by atoms with E-state index in [1.165, 1.54) is 10.5 Å². The second kappa shape index (κ2) is 7.15. The quantitative estimate of drug-likeness (QED) is 0.392. The van der Waals surface area contributed by atoms with E-state index in [0.29, 0.717) is 10.9 Å². The van der Waals surface area contributed by atoms with Crippen molar-refractivity contribution < 1.29 is 17.6 Å². The molecule has 3 N–H and O–H groups in total. The van der Waals surface area contributed by atoms with Gasteiger partial charge in [0.25, 0.3) is 5.56 Å². The van der Waals surface area contributed by atoms with Crippen molar-refractivity contribution >= 4 is 28.5 Å². The third kappa shape index (κ3) is 3.52. The first-order chi connectivity index (χ1) is 13.1. The summed E-state index contributed by atoms with van der Waals surface area (Å²) in [6, 6.07) is 4.09. The number of alkyl halides is 3. The Morgan fingerprint density at radius 2 is 2.14 bits per heavy atom. The molecule has 6 nitrogen and oxygen atoms in total. The number of aliphatic imine (C=N–C) groups is 1. The number of benzene rings is 1. The summed E-state index contributed by atoms with van der Waals surface area (Å²) in [6.45, 7) is 1.69. The predicted octanol–water partition coefficient (Wildman–Crippen LogP) is 3.13. The number of aryl methyl sites for hydroxylation is 1. The fraction of sp³-hybridized carbons (Fsp3) is 0.176. The lowest BCUT2D eigenvalue weighted by Crippen LogP contribution is -2.24. The molecule has 0 spiro atoms. The number of nitrogens with two attached hydrogens (primary N) is 1. The van der Waals surface area contributed by atoms with Gasteiger partial charge in [0.15, 0.2) is 10.8 Å². The largest absolute Gasteiger partial charge is 0.419 e. The van der Waals surface area contributed by atoms with Crippen molar-refractivity contribution in [3.63, 3.8) is 0 Å². The van der Waals surface area contributed by atoms with Crippen LogP contribution in [-0.2, 0) is 12.6 Å². The van der Waals surface area contributed by atoms with E-state index < -0.39 is 23.1 Å². The van der Waals surface area contributed by atoms with Crippen molar-refractivity contribution in [2.45, 2.75) is 19.5 Å². The van der Waals surface area contributed by atoms with Crippen molar-refractivity contribution in [1.29, 1.82) is 5.41 Å². The van der Waals surface area contributed by atoms with Crippen LogP contribution in [-0.4, -0.2) is 21.6 Å². The minimum atomic E-state index is -4.82. The Hall–Kier alpha value is -3.08. The van der Waals surface area contributed by atoms with E-state index in [4.69, 9.17) is 11.1 Å². The van der Waals surface area contributed by atoms with Crippen LogP contribution in [0.4, 0.5) is 17.6 Å². The van der Waals surface area contributed by atoms with Crippen LogP contribution in [0.5, 0.6) is 0 Å². The van der Waals surface area contributed by atoms with Crippen LogP contribution >= 0.6 is 11.3 Å². The Kier molecular flexibility index (Phi) is 5.02. The van der Waals surface area contributed by atoms with Crippen LogP contribution in [0.3, 0.4) is 0 Å². The first kappa shape index (κ1) is 19.7. The second-order valence-electron chi connectivity index (χ2n) is 5.81. The van der Waals surface area contributed by atoms with Gasteiger partial charge in [-0.15, -0.1) is 11.3 Å². The van der Waals surface area contributed by atoms with E-state index in [1.54, 1.807) is 6.92 Å². The number of fused-ring (bicyclic) bond motifs is 1. The van der Waals surface area contributed by atoms with Gasteiger partial charge in [-0.05, 0) is 18.6 Å². The number of aromatic nitrogens is 2. The summed E-state index contributed by atoms with van der Waals surface area (Å²) in [5.74, 6) is -1.43. The van der Waals surface area contributed by atoms with Crippen molar-refractivity contribution in [2.24, 2.45) is 10.7 Å². The SMILES string of the molecule is Cc1sc2nc(Cc3cccc(C(F)(F)F)c3F)cc(=O)n2c1C(N)=NC=N. The first-order valence-corrected chi connectivity index (χ1v) is 8.64. The predicted molar refractivity (Wildman–Crippen MR) is 97.8 cm³/mol. The molecular weight excluding hydrogens is 398 g/mol. The molecule has 11 heteroatoms. The monoisotopic (exact) mass is 411 g/mol. The first-order valence-electron chi connectivity index (χ1n) is 7.82. The average Bonchev–Trinajstić information content (AvgIpc) is 2.92. The fourth-order valence-electron chi connectivity index (χ4n) is 2.77. The molecule has 146 valence electrons. The number of nitrogens with zero attached hydrogens (tertiary/aromatic N) is 3. The maximum Gasteiger partial charge on any atom is 0.419 e. The van der Waals surface area contributed by atoms with Gasteiger partial charge >= 0.3 is 6.18 Å². The van der Waals surface area contributed by atoms with Gasteiger partial charge in [-0.25, -0.2) is 18.8 Å². The van der Waals surface area contributed by atoms with E-state index >= 15 is 0 Å². The van der Waals surface area contributed by atoms with Crippen LogP contribution in [0.2, 0.25) is 0 Å². The van der Waals surface area contributed by atoms with Gasteiger partial charge in [0, 0.05) is 17.4 Å². The molecule has 0 fully saturated rings. The average molecular weight is 411 g/mol. The Balaban J connectivity index is 2.09. The third-order valence-electron chi connectivity index (χ3n) is 3.94. The lowest BCUT2D eigenvalue weighted by Gasteiger charge is -2.11. The molecule has 2 heterocycles. The summed E-state index contributed by atoms with van der Waals surface area (Å²) in [5.41, 5.74) is 4.08. The fourth-order valence-corrected chi connectivity index (χ4v) is 3.77. The maximum atomic E-state index is 14.2. The lowest BCUT2D eigenvalue weighted by molar-refractivity contribution is -0.140. The molecule has 0 atom stereocenters. The van der Waals surface area contributed by atoms with Crippen LogP contribution in [0.1, 0.15) is 27.4 Å². The van der Waals surface area contributed by atoms with E-state index in [-0.39, 0.29) is 34.2 Å². The molecule has 3 aromatic rings.